The predicted octanol–water partition coefficient (Wildman–Crippen LogP) is 1.69. The van der Waals surface area contributed by atoms with Gasteiger partial charge in [-0.3, -0.25) is 9.69 Å². The van der Waals surface area contributed by atoms with Crippen LogP contribution in [0.4, 0.5) is 13.2 Å². The van der Waals surface area contributed by atoms with Crippen LogP contribution in [0.1, 0.15) is 30.8 Å². The van der Waals surface area contributed by atoms with E-state index in [-0.39, 0.29) is 17.9 Å². The van der Waals surface area contributed by atoms with Crippen molar-refractivity contribution in [2.45, 2.75) is 44.4 Å². The zero-order chi connectivity index (χ0) is 18.7. The van der Waals surface area contributed by atoms with Gasteiger partial charge in [0, 0.05) is 45.0 Å². The molecule has 0 radical (unpaired) electrons. The fraction of sp³-hybridized carbons (Fsp3) is 0.765. The number of aryl methyl sites for hydroxylation is 1. The summed E-state index contributed by atoms with van der Waals surface area (Å²) in [5.74, 6) is 0.685. The molecule has 146 valence electrons. The van der Waals surface area contributed by atoms with E-state index < -0.39 is 11.9 Å². The summed E-state index contributed by atoms with van der Waals surface area (Å²) in [6, 6.07) is 0.175. The second-order valence-electron chi connectivity index (χ2n) is 7.25. The molecule has 3 heterocycles. The number of nitrogens with one attached hydrogen (secondary N) is 1. The van der Waals surface area contributed by atoms with Crippen LogP contribution >= 0.6 is 0 Å². The van der Waals surface area contributed by atoms with Gasteiger partial charge in [0.15, 0.2) is 5.69 Å². The Morgan fingerprint density at radius 1 is 1.38 bits per heavy atom. The third kappa shape index (κ3) is 4.97. The molecular weight excluding hydrogens is 349 g/mol. The van der Waals surface area contributed by atoms with Gasteiger partial charge in [0.05, 0.1) is 6.54 Å². The first-order valence-electron chi connectivity index (χ1n) is 9.00. The van der Waals surface area contributed by atoms with Crippen molar-refractivity contribution in [3.05, 3.63) is 17.7 Å². The van der Waals surface area contributed by atoms with Crippen LogP contribution in [0.2, 0.25) is 0 Å². The Kier molecular flexibility index (Phi) is 5.86. The molecule has 1 saturated heterocycles. The summed E-state index contributed by atoms with van der Waals surface area (Å²) in [5.41, 5.74) is -0.822. The van der Waals surface area contributed by atoms with Gasteiger partial charge in [-0.1, -0.05) is 0 Å². The van der Waals surface area contributed by atoms with E-state index in [0.717, 1.165) is 25.5 Å². The number of hydrogen-bond donors (Lipinski definition) is 1. The number of ether oxygens (including phenoxy) is 1. The molecule has 0 aromatic carbocycles. The van der Waals surface area contributed by atoms with Crippen molar-refractivity contribution in [2.75, 3.05) is 33.4 Å². The Morgan fingerprint density at radius 3 is 2.81 bits per heavy atom. The quantitative estimate of drug-likeness (QED) is 0.852. The van der Waals surface area contributed by atoms with Crippen LogP contribution in [0.3, 0.4) is 0 Å². The Labute approximate surface area is 150 Å². The molecule has 0 aliphatic carbocycles. The lowest BCUT2D eigenvalue weighted by Gasteiger charge is -2.28. The smallest absolute Gasteiger partial charge is 0.381 e. The van der Waals surface area contributed by atoms with E-state index in [4.69, 9.17) is 4.74 Å². The number of amides is 1. The van der Waals surface area contributed by atoms with Crippen molar-refractivity contribution in [2.24, 2.45) is 5.92 Å². The number of rotatable bonds is 5. The number of likely N-dealkylation sites (N-methyl/N-ethyl adjacent to an activating group) is 1. The highest BCUT2D eigenvalue weighted by molar-refractivity contribution is 5.78. The molecule has 0 bridgehead atoms. The highest BCUT2D eigenvalue weighted by atomic mass is 19.4. The minimum Gasteiger partial charge on any atom is -0.381 e. The number of carbonyl (C=O) groups is 1. The van der Waals surface area contributed by atoms with Crippen molar-refractivity contribution in [3.8, 4) is 0 Å². The monoisotopic (exact) mass is 374 g/mol. The van der Waals surface area contributed by atoms with Crippen LogP contribution in [-0.2, 0) is 28.7 Å². The minimum atomic E-state index is -4.40. The molecule has 6 nitrogen and oxygen atoms in total. The van der Waals surface area contributed by atoms with Gasteiger partial charge < -0.3 is 14.6 Å². The molecule has 1 N–H and O–H groups in total. The lowest BCUT2D eigenvalue weighted by atomic mass is 9.99. The molecule has 0 spiro atoms. The Morgan fingerprint density at radius 2 is 2.12 bits per heavy atom. The van der Waals surface area contributed by atoms with Crippen LogP contribution in [0.25, 0.3) is 0 Å². The average molecular weight is 374 g/mol. The van der Waals surface area contributed by atoms with Gasteiger partial charge in [-0.2, -0.15) is 13.2 Å². The summed E-state index contributed by atoms with van der Waals surface area (Å²) in [6.07, 6.45) is -0.326. The first-order valence-corrected chi connectivity index (χ1v) is 9.00. The number of aromatic nitrogens is 2. The third-order valence-corrected chi connectivity index (χ3v) is 4.95. The van der Waals surface area contributed by atoms with Gasteiger partial charge >= 0.3 is 6.18 Å². The van der Waals surface area contributed by atoms with Gasteiger partial charge in [-0.15, -0.1) is 0 Å². The highest BCUT2D eigenvalue weighted by Gasteiger charge is 2.35. The zero-order valence-corrected chi connectivity index (χ0v) is 14.9. The first-order chi connectivity index (χ1) is 12.3. The fourth-order valence-corrected chi connectivity index (χ4v) is 3.67. The van der Waals surface area contributed by atoms with E-state index in [9.17, 15) is 18.0 Å². The molecule has 1 aromatic heterocycles. The number of hydrogen-bond acceptors (Lipinski definition) is 4. The number of nitrogens with zero attached hydrogens (tertiary/aromatic N) is 3. The Balaban J connectivity index is 1.47. The summed E-state index contributed by atoms with van der Waals surface area (Å²) in [4.78, 5) is 17.8. The van der Waals surface area contributed by atoms with Gasteiger partial charge in [0.2, 0.25) is 5.91 Å². The van der Waals surface area contributed by atoms with Crippen molar-refractivity contribution in [1.29, 1.82) is 0 Å². The van der Waals surface area contributed by atoms with Crippen molar-refractivity contribution >= 4 is 5.91 Å². The van der Waals surface area contributed by atoms with Gasteiger partial charge in [0.25, 0.3) is 0 Å². The molecule has 1 fully saturated rings. The summed E-state index contributed by atoms with van der Waals surface area (Å²) in [6.45, 7) is 2.81. The normalized spacial score (nSPS) is 21.7. The second-order valence-corrected chi connectivity index (χ2v) is 7.25. The van der Waals surface area contributed by atoms with Crippen LogP contribution in [0, 0.1) is 5.92 Å². The second kappa shape index (κ2) is 7.96. The molecule has 0 unspecified atom stereocenters. The van der Waals surface area contributed by atoms with E-state index in [1.165, 1.54) is 0 Å². The van der Waals surface area contributed by atoms with Crippen molar-refractivity contribution < 1.29 is 22.7 Å². The summed E-state index contributed by atoms with van der Waals surface area (Å²) in [7, 11) is 1.87. The lowest BCUT2D eigenvalue weighted by molar-refractivity contribution is -0.141. The van der Waals surface area contributed by atoms with E-state index in [0.29, 0.717) is 45.1 Å². The molecule has 2 aliphatic rings. The molecule has 9 heteroatoms. The maximum atomic E-state index is 12.8. The highest BCUT2D eigenvalue weighted by Crippen LogP contribution is 2.30. The van der Waals surface area contributed by atoms with Gasteiger partial charge in [-0.25, -0.2) is 4.98 Å². The standard InChI is InChI=1S/C17H25F3N4O2/c1-23(11-16(25)21-13-4-6-26-7-5-13)8-12-2-3-15-22-14(17(18,19)20)10-24(15)9-12/h10,12-13H,2-9,11H2,1H3,(H,21,25)/t12-/m1/s1. The van der Waals surface area contributed by atoms with Crippen molar-refractivity contribution in [1.82, 2.24) is 19.8 Å². The first kappa shape index (κ1) is 19.2. The molecule has 1 amide bonds. The van der Waals surface area contributed by atoms with Crippen LogP contribution in [0.15, 0.2) is 6.20 Å². The fourth-order valence-electron chi connectivity index (χ4n) is 3.67. The van der Waals surface area contributed by atoms with E-state index in [1.807, 2.05) is 11.9 Å². The van der Waals surface area contributed by atoms with Crippen LogP contribution in [-0.4, -0.2) is 59.8 Å². The molecule has 1 aromatic rings. The topological polar surface area (TPSA) is 59.4 Å². The van der Waals surface area contributed by atoms with Crippen LogP contribution < -0.4 is 5.32 Å². The number of imidazole rings is 1. The third-order valence-electron chi connectivity index (χ3n) is 4.95. The number of carbonyl (C=O) groups excluding carboxylic acids is 1. The summed E-state index contributed by atoms with van der Waals surface area (Å²) in [5, 5.41) is 3.02. The lowest BCUT2D eigenvalue weighted by Crippen LogP contribution is -2.44. The Hall–Kier alpha value is -1.61. The molecule has 2 aliphatic heterocycles. The summed E-state index contributed by atoms with van der Waals surface area (Å²) >= 11 is 0. The predicted molar refractivity (Wildman–Crippen MR) is 88.5 cm³/mol. The van der Waals surface area contributed by atoms with E-state index in [2.05, 4.69) is 10.3 Å². The molecule has 26 heavy (non-hydrogen) atoms. The molecule has 1 atom stereocenters. The zero-order valence-electron chi connectivity index (χ0n) is 14.9. The van der Waals surface area contributed by atoms with E-state index in [1.54, 1.807) is 4.57 Å². The van der Waals surface area contributed by atoms with Crippen molar-refractivity contribution in [3.63, 3.8) is 0 Å². The Bertz CT molecular complexity index is 626. The van der Waals surface area contributed by atoms with Crippen LogP contribution in [0.5, 0.6) is 0 Å². The molecule has 0 saturated carbocycles. The van der Waals surface area contributed by atoms with Gasteiger partial charge in [0.1, 0.15) is 5.82 Å². The molecular formula is C17H25F3N4O2. The number of alkyl halides is 3. The maximum Gasteiger partial charge on any atom is 0.434 e. The SMILES string of the molecule is CN(CC(=O)NC1CCOCC1)C[C@H]1CCc2nc(C(F)(F)F)cn2C1. The number of halogens is 3. The largest absolute Gasteiger partial charge is 0.434 e. The average Bonchev–Trinajstić information content (AvgIpc) is 2.99. The number of fused-ring (bicyclic) bond motifs is 1. The minimum absolute atomic E-state index is 0.0158. The maximum absolute atomic E-state index is 12.8. The van der Waals surface area contributed by atoms with E-state index >= 15 is 0 Å². The molecule has 3 rings (SSSR count). The summed E-state index contributed by atoms with van der Waals surface area (Å²) < 4.78 is 45.2. The van der Waals surface area contributed by atoms with Gasteiger partial charge in [-0.05, 0) is 32.2 Å².